The molecule has 1 spiro atoms. The molecule has 2 N–H and O–H groups in total. The SMILES string of the molecule is O=C1C=CC2(C=C1)C=C(O)C(=O)c1ccc(O)cc1O2. The molecule has 1 aromatic carbocycles. The van der Waals surface area contributed by atoms with Gasteiger partial charge in [-0.3, -0.25) is 9.59 Å². The van der Waals surface area contributed by atoms with Gasteiger partial charge in [-0.05, 0) is 36.4 Å². The summed E-state index contributed by atoms with van der Waals surface area (Å²) < 4.78 is 5.71. The summed E-state index contributed by atoms with van der Waals surface area (Å²) in [6.07, 6.45) is 6.70. The molecule has 1 heterocycles. The lowest BCUT2D eigenvalue weighted by Gasteiger charge is -2.26. The molecule has 0 atom stereocenters. The van der Waals surface area contributed by atoms with E-state index in [4.69, 9.17) is 4.74 Å². The molecule has 0 fully saturated rings. The van der Waals surface area contributed by atoms with E-state index in [0.29, 0.717) is 0 Å². The van der Waals surface area contributed by atoms with E-state index in [9.17, 15) is 19.8 Å². The number of benzene rings is 1. The van der Waals surface area contributed by atoms with E-state index < -0.39 is 17.1 Å². The van der Waals surface area contributed by atoms with Gasteiger partial charge >= 0.3 is 0 Å². The van der Waals surface area contributed by atoms with Crippen LogP contribution < -0.4 is 4.74 Å². The summed E-state index contributed by atoms with van der Waals surface area (Å²) >= 11 is 0. The van der Waals surface area contributed by atoms with Gasteiger partial charge in [0.1, 0.15) is 11.5 Å². The third-order valence-electron chi connectivity index (χ3n) is 3.11. The van der Waals surface area contributed by atoms with Gasteiger partial charge < -0.3 is 14.9 Å². The number of aliphatic hydroxyl groups excluding tert-OH is 1. The lowest BCUT2D eigenvalue weighted by molar-refractivity contribution is -0.110. The summed E-state index contributed by atoms with van der Waals surface area (Å²) in [6.45, 7) is 0. The number of carbonyl (C=O) groups excluding carboxylic acids is 2. The second-order valence-electron chi connectivity index (χ2n) is 4.56. The first-order valence-electron chi connectivity index (χ1n) is 5.90. The van der Waals surface area contributed by atoms with Gasteiger partial charge in [0.05, 0.1) is 5.56 Å². The Bertz CT molecular complexity index is 693. The number of ketones is 2. The van der Waals surface area contributed by atoms with Crippen LogP contribution in [0.3, 0.4) is 0 Å². The van der Waals surface area contributed by atoms with Crippen molar-refractivity contribution in [3.63, 3.8) is 0 Å². The molecule has 100 valence electrons. The van der Waals surface area contributed by atoms with E-state index in [0.717, 1.165) is 0 Å². The largest absolute Gasteiger partial charge is 0.508 e. The predicted octanol–water partition coefficient (Wildman–Crippen LogP) is 1.84. The molecule has 0 bridgehead atoms. The zero-order valence-electron chi connectivity index (χ0n) is 10.2. The average molecular weight is 270 g/mol. The van der Waals surface area contributed by atoms with E-state index in [1.165, 1.54) is 48.6 Å². The fourth-order valence-electron chi connectivity index (χ4n) is 2.12. The summed E-state index contributed by atoms with van der Waals surface area (Å²) in [5.41, 5.74) is -1.07. The molecule has 5 nitrogen and oxygen atoms in total. The summed E-state index contributed by atoms with van der Waals surface area (Å²) in [7, 11) is 0. The van der Waals surface area contributed by atoms with Crippen molar-refractivity contribution in [2.75, 3.05) is 0 Å². The molecular weight excluding hydrogens is 260 g/mol. The molecular formula is C15H10O5. The highest BCUT2D eigenvalue weighted by molar-refractivity contribution is 6.10. The van der Waals surface area contributed by atoms with Crippen molar-refractivity contribution < 1.29 is 24.5 Å². The van der Waals surface area contributed by atoms with E-state index in [1.807, 2.05) is 0 Å². The number of phenols is 1. The fourth-order valence-corrected chi connectivity index (χ4v) is 2.12. The van der Waals surface area contributed by atoms with Gasteiger partial charge in [-0.15, -0.1) is 0 Å². The van der Waals surface area contributed by atoms with E-state index in [2.05, 4.69) is 0 Å². The Labute approximate surface area is 114 Å². The van der Waals surface area contributed by atoms with Gasteiger partial charge in [0.15, 0.2) is 17.1 Å². The maximum atomic E-state index is 12.0. The molecule has 5 heteroatoms. The summed E-state index contributed by atoms with van der Waals surface area (Å²) in [5, 5.41) is 19.4. The van der Waals surface area contributed by atoms with Gasteiger partial charge in [0.2, 0.25) is 5.78 Å². The summed E-state index contributed by atoms with van der Waals surface area (Å²) in [5.74, 6) is -1.21. The van der Waals surface area contributed by atoms with Crippen LogP contribution in [0.4, 0.5) is 0 Å². The number of phenolic OH excluding ortho intramolecular Hbond substituents is 1. The van der Waals surface area contributed by atoms with Crippen LogP contribution in [-0.4, -0.2) is 27.4 Å². The Morgan fingerprint density at radius 1 is 1.05 bits per heavy atom. The van der Waals surface area contributed by atoms with Crippen LogP contribution in [0, 0.1) is 0 Å². The quantitative estimate of drug-likeness (QED) is 0.751. The van der Waals surface area contributed by atoms with Crippen molar-refractivity contribution in [3.05, 3.63) is 59.9 Å². The molecule has 1 aliphatic heterocycles. The number of rotatable bonds is 0. The third kappa shape index (κ3) is 1.89. The van der Waals surface area contributed by atoms with Gasteiger partial charge in [0.25, 0.3) is 0 Å². The van der Waals surface area contributed by atoms with E-state index >= 15 is 0 Å². The number of hydrogen-bond acceptors (Lipinski definition) is 5. The highest BCUT2D eigenvalue weighted by Crippen LogP contribution is 2.35. The van der Waals surface area contributed by atoms with Crippen LogP contribution in [0.25, 0.3) is 0 Å². The minimum atomic E-state index is -1.22. The highest BCUT2D eigenvalue weighted by atomic mass is 16.5. The molecule has 3 rings (SSSR count). The van der Waals surface area contributed by atoms with Crippen molar-refractivity contribution >= 4 is 11.6 Å². The fraction of sp³-hybridized carbons (Fsp3) is 0.0667. The number of hydrogen-bond donors (Lipinski definition) is 2. The lowest BCUT2D eigenvalue weighted by Crippen LogP contribution is -2.31. The van der Waals surface area contributed by atoms with Crippen LogP contribution >= 0.6 is 0 Å². The van der Waals surface area contributed by atoms with Crippen LogP contribution in [-0.2, 0) is 4.79 Å². The molecule has 0 saturated carbocycles. The smallest absolute Gasteiger partial charge is 0.230 e. The molecule has 0 amide bonds. The second-order valence-corrected chi connectivity index (χ2v) is 4.56. The number of aromatic hydroxyl groups is 1. The second kappa shape index (κ2) is 4.09. The maximum Gasteiger partial charge on any atom is 0.230 e. The average Bonchev–Trinajstić information content (AvgIpc) is 2.50. The molecule has 0 radical (unpaired) electrons. The van der Waals surface area contributed by atoms with Crippen molar-refractivity contribution in [3.8, 4) is 11.5 Å². The Kier molecular flexibility index (Phi) is 2.50. The highest BCUT2D eigenvalue weighted by Gasteiger charge is 2.34. The first-order valence-corrected chi connectivity index (χ1v) is 5.90. The summed E-state index contributed by atoms with van der Waals surface area (Å²) in [4.78, 5) is 23.2. The standard InChI is InChI=1S/C15H10O5/c16-9-3-5-15(6-4-9)8-12(18)14(19)11-2-1-10(17)7-13(11)20-15/h1-8,17-18H. The Morgan fingerprint density at radius 3 is 2.45 bits per heavy atom. The topological polar surface area (TPSA) is 83.8 Å². The molecule has 0 unspecified atom stereocenters. The Balaban J connectivity index is 2.18. The first kappa shape index (κ1) is 12.2. The number of ether oxygens (including phenoxy) is 1. The van der Waals surface area contributed by atoms with Crippen molar-refractivity contribution in [2.45, 2.75) is 5.60 Å². The van der Waals surface area contributed by atoms with Crippen LogP contribution in [0.1, 0.15) is 10.4 Å². The zero-order valence-corrected chi connectivity index (χ0v) is 10.2. The van der Waals surface area contributed by atoms with Crippen LogP contribution in [0.5, 0.6) is 11.5 Å². The molecule has 0 saturated heterocycles. The number of aliphatic hydroxyl groups is 1. The minimum absolute atomic E-state index is 0.0621. The number of allylic oxidation sites excluding steroid dienone is 3. The Morgan fingerprint density at radius 2 is 1.75 bits per heavy atom. The molecule has 1 aromatic rings. The molecule has 1 aliphatic carbocycles. The minimum Gasteiger partial charge on any atom is -0.508 e. The summed E-state index contributed by atoms with van der Waals surface area (Å²) in [6, 6.07) is 4.00. The maximum absolute atomic E-state index is 12.0. The van der Waals surface area contributed by atoms with Gasteiger partial charge in [-0.1, -0.05) is 0 Å². The van der Waals surface area contributed by atoms with Crippen LogP contribution in [0.2, 0.25) is 0 Å². The van der Waals surface area contributed by atoms with Crippen molar-refractivity contribution in [1.29, 1.82) is 0 Å². The number of Topliss-reactive ketones (excluding diaryl/α,β-unsaturated/α-hetero) is 1. The predicted molar refractivity (Wildman–Crippen MR) is 69.8 cm³/mol. The van der Waals surface area contributed by atoms with Gasteiger partial charge in [-0.25, -0.2) is 0 Å². The number of fused-ring (bicyclic) bond motifs is 1. The molecule has 20 heavy (non-hydrogen) atoms. The molecule has 0 aromatic heterocycles. The van der Waals surface area contributed by atoms with Crippen LogP contribution in [0.15, 0.2) is 54.3 Å². The first-order chi connectivity index (χ1) is 9.49. The van der Waals surface area contributed by atoms with Crippen molar-refractivity contribution in [1.82, 2.24) is 0 Å². The third-order valence-corrected chi connectivity index (χ3v) is 3.11. The number of carbonyl (C=O) groups is 2. The lowest BCUT2D eigenvalue weighted by atomic mass is 9.96. The molecule has 2 aliphatic rings. The normalized spacial score (nSPS) is 19.3. The van der Waals surface area contributed by atoms with E-state index in [1.54, 1.807) is 0 Å². The van der Waals surface area contributed by atoms with Crippen molar-refractivity contribution in [2.24, 2.45) is 0 Å². The zero-order chi connectivity index (χ0) is 14.3. The Hall–Kier alpha value is -2.82. The monoisotopic (exact) mass is 270 g/mol. The van der Waals surface area contributed by atoms with E-state index in [-0.39, 0.29) is 22.8 Å². The van der Waals surface area contributed by atoms with Gasteiger partial charge in [-0.2, -0.15) is 0 Å². The van der Waals surface area contributed by atoms with Gasteiger partial charge in [0, 0.05) is 12.1 Å².